The molecular formula is C32H29ClF3N3O4. The summed E-state index contributed by atoms with van der Waals surface area (Å²) in [6, 6.07) is 13.3. The van der Waals surface area contributed by atoms with Crippen LogP contribution in [0, 0.1) is 5.82 Å². The van der Waals surface area contributed by atoms with E-state index in [4.69, 9.17) is 21.1 Å². The SMILES string of the molecule is CCc1n[nH]c2c1-c1c(Cl)ccc3c(CCCOc4cccc5cc(F)ccc45)c(C(=O)O)n(c13)CCC(F)(F)COC2. The standard InChI is InChI=1S/C32H29ClF3N3O4/c1-2-24-28-25(38-37-24)16-42-17-32(35,36)12-13-39-29-22(10-11-23(33)27(28)29)21(30(39)31(40)41)6-4-14-43-26-7-3-5-18-15-19(34)8-9-20(18)26/h3,5,7-11,15H,2,4,6,12-14,16-17H2,1H3,(H,37,38)(H,40,41). The van der Waals surface area contributed by atoms with Crippen LogP contribution in [0.5, 0.6) is 5.75 Å². The van der Waals surface area contributed by atoms with E-state index in [1.54, 1.807) is 36.4 Å². The van der Waals surface area contributed by atoms with Crippen molar-refractivity contribution in [2.24, 2.45) is 0 Å². The summed E-state index contributed by atoms with van der Waals surface area (Å²) >= 11 is 6.80. The maximum atomic E-state index is 14.9. The van der Waals surface area contributed by atoms with Crippen LogP contribution < -0.4 is 4.74 Å². The van der Waals surface area contributed by atoms with Crippen LogP contribution in [0.15, 0.2) is 48.5 Å². The summed E-state index contributed by atoms with van der Waals surface area (Å²) in [6.07, 6.45) is 0.673. The average molecular weight is 612 g/mol. The predicted octanol–water partition coefficient (Wildman–Crippen LogP) is 7.80. The van der Waals surface area contributed by atoms with Crippen LogP contribution in [0.1, 0.15) is 47.2 Å². The molecular weight excluding hydrogens is 583 g/mol. The Hall–Kier alpha value is -4.02. The van der Waals surface area contributed by atoms with Crippen molar-refractivity contribution in [1.82, 2.24) is 14.8 Å². The summed E-state index contributed by atoms with van der Waals surface area (Å²) in [5, 5.41) is 20.2. The Labute approximate surface area is 250 Å². The number of nitrogens with one attached hydrogen (secondary N) is 1. The number of carboxylic acids is 1. The Morgan fingerprint density at radius 1 is 1.19 bits per heavy atom. The van der Waals surface area contributed by atoms with Gasteiger partial charge in [0.05, 0.1) is 35.1 Å². The topological polar surface area (TPSA) is 89.4 Å². The van der Waals surface area contributed by atoms with Crippen molar-refractivity contribution in [2.75, 3.05) is 13.2 Å². The second-order valence-electron chi connectivity index (χ2n) is 10.7. The largest absolute Gasteiger partial charge is 0.493 e. The van der Waals surface area contributed by atoms with Gasteiger partial charge < -0.3 is 19.1 Å². The number of aryl methyl sites for hydroxylation is 3. The molecule has 0 aliphatic carbocycles. The van der Waals surface area contributed by atoms with Crippen LogP contribution in [0.3, 0.4) is 0 Å². The van der Waals surface area contributed by atoms with E-state index in [1.165, 1.54) is 16.7 Å². The molecule has 43 heavy (non-hydrogen) atoms. The minimum Gasteiger partial charge on any atom is -0.493 e. The number of aromatic carboxylic acids is 1. The highest BCUT2D eigenvalue weighted by atomic mass is 35.5. The quantitative estimate of drug-likeness (QED) is 0.183. The number of H-pyrrole nitrogens is 1. The summed E-state index contributed by atoms with van der Waals surface area (Å²) in [6.45, 7) is 0.991. The lowest BCUT2D eigenvalue weighted by atomic mass is 9.97. The van der Waals surface area contributed by atoms with Crippen LogP contribution in [-0.4, -0.2) is 45.0 Å². The Morgan fingerprint density at radius 3 is 2.79 bits per heavy atom. The number of fused-ring (bicyclic) bond motifs is 3. The van der Waals surface area contributed by atoms with Crippen LogP contribution >= 0.6 is 11.6 Å². The highest BCUT2D eigenvalue weighted by molar-refractivity contribution is 6.35. The molecule has 0 saturated carbocycles. The number of carboxylic acid groups (broad SMARTS) is 1. The van der Waals surface area contributed by atoms with Gasteiger partial charge in [-0.2, -0.15) is 5.10 Å². The zero-order valence-corrected chi connectivity index (χ0v) is 24.1. The summed E-state index contributed by atoms with van der Waals surface area (Å²) in [7, 11) is 0. The van der Waals surface area contributed by atoms with E-state index in [2.05, 4.69) is 10.2 Å². The zero-order valence-electron chi connectivity index (χ0n) is 23.4. The van der Waals surface area contributed by atoms with E-state index in [-0.39, 0.29) is 31.3 Å². The normalized spacial score (nSPS) is 14.9. The Balaban J connectivity index is 1.43. The van der Waals surface area contributed by atoms with Gasteiger partial charge >= 0.3 is 5.97 Å². The number of rotatable bonds is 7. The molecule has 0 spiro atoms. The van der Waals surface area contributed by atoms with Crippen molar-refractivity contribution >= 4 is 39.2 Å². The zero-order chi connectivity index (χ0) is 30.3. The Bertz CT molecular complexity index is 1850. The number of aromatic nitrogens is 3. The highest BCUT2D eigenvalue weighted by Gasteiger charge is 2.34. The van der Waals surface area contributed by atoms with Gasteiger partial charge in [0.15, 0.2) is 0 Å². The third-order valence-electron chi connectivity index (χ3n) is 7.87. The van der Waals surface area contributed by atoms with Gasteiger partial charge in [-0.3, -0.25) is 5.10 Å². The van der Waals surface area contributed by atoms with Gasteiger partial charge in [0.1, 0.15) is 23.9 Å². The fourth-order valence-corrected chi connectivity index (χ4v) is 6.21. The molecule has 6 rings (SSSR count). The molecule has 5 aromatic rings. The van der Waals surface area contributed by atoms with Crippen molar-refractivity contribution < 1.29 is 32.5 Å². The molecule has 7 nitrogen and oxygen atoms in total. The van der Waals surface area contributed by atoms with E-state index in [9.17, 15) is 23.1 Å². The molecule has 0 fully saturated rings. The molecule has 0 unspecified atom stereocenters. The van der Waals surface area contributed by atoms with Crippen LogP contribution in [0.25, 0.3) is 32.8 Å². The first-order valence-electron chi connectivity index (χ1n) is 14.1. The minimum atomic E-state index is -3.18. The van der Waals surface area contributed by atoms with Crippen LogP contribution in [0.4, 0.5) is 13.2 Å². The van der Waals surface area contributed by atoms with Gasteiger partial charge in [-0.05, 0) is 60.5 Å². The number of hydrogen-bond donors (Lipinski definition) is 2. The lowest BCUT2D eigenvalue weighted by Gasteiger charge is -2.18. The number of aromatic amines is 1. The van der Waals surface area contributed by atoms with Gasteiger partial charge in [0.25, 0.3) is 5.92 Å². The summed E-state index contributed by atoms with van der Waals surface area (Å²) in [5.41, 5.74) is 3.30. The van der Waals surface area contributed by atoms with Crippen molar-refractivity contribution in [3.05, 3.63) is 82.0 Å². The van der Waals surface area contributed by atoms with Crippen LogP contribution in [0.2, 0.25) is 5.02 Å². The first-order chi connectivity index (χ1) is 20.7. The van der Waals surface area contributed by atoms with Gasteiger partial charge in [-0.1, -0.05) is 36.7 Å². The smallest absolute Gasteiger partial charge is 0.352 e. The molecule has 11 heteroatoms. The maximum absolute atomic E-state index is 14.9. The van der Waals surface area contributed by atoms with Crippen molar-refractivity contribution in [2.45, 2.75) is 51.7 Å². The lowest BCUT2D eigenvalue weighted by molar-refractivity contribution is -0.0890. The highest BCUT2D eigenvalue weighted by Crippen LogP contribution is 2.43. The molecule has 0 radical (unpaired) electrons. The third-order valence-corrected chi connectivity index (χ3v) is 8.19. The average Bonchev–Trinajstić information content (AvgIpc) is 3.51. The monoisotopic (exact) mass is 611 g/mol. The second kappa shape index (κ2) is 11.6. The van der Waals surface area contributed by atoms with E-state index < -0.39 is 24.9 Å². The molecule has 224 valence electrons. The molecule has 3 aromatic carbocycles. The Morgan fingerprint density at radius 2 is 2.00 bits per heavy atom. The lowest BCUT2D eigenvalue weighted by Crippen LogP contribution is -2.26. The van der Waals surface area contributed by atoms with Gasteiger partial charge in [0, 0.05) is 34.9 Å². The predicted molar refractivity (Wildman–Crippen MR) is 158 cm³/mol. The number of benzene rings is 3. The Kier molecular flexibility index (Phi) is 7.83. The number of carbonyl (C=O) groups is 1. The summed E-state index contributed by atoms with van der Waals surface area (Å²) in [4.78, 5) is 12.8. The molecule has 2 aromatic heterocycles. The third kappa shape index (κ3) is 5.45. The second-order valence-corrected chi connectivity index (χ2v) is 11.1. The first kappa shape index (κ1) is 29.1. The molecule has 2 N–H and O–H groups in total. The summed E-state index contributed by atoms with van der Waals surface area (Å²) in [5.74, 6) is -4.15. The van der Waals surface area contributed by atoms with E-state index in [0.29, 0.717) is 74.4 Å². The fraction of sp³-hybridized carbons (Fsp3) is 0.312. The number of ether oxygens (including phenoxy) is 2. The number of halogens is 4. The molecule has 3 heterocycles. The van der Waals surface area contributed by atoms with E-state index >= 15 is 0 Å². The molecule has 0 atom stereocenters. The van der Waals surface area contributed by atoms with E-state index in [1.807, 2.05) is 6.92 Å². The number of alkyl halides is 2. The van der Waals surface area contributed by atoms with Crippen molar-refractivity contribution in [1.29, 1.82) is 0 Å². The number of nitrogens with zero attached hydrogens (tertiary/aromatic N) is 2. The van der Waals surface area contributed by atoms with E-state index in [0.717, 1.165) is 5.39 Å². The van der Waals surface area contributed by atoms with Gasteiger partial charge in [-0.25, -0.2) is 18.0 Å². The summed E-state index contributed by atoms with van der Waals surface area (Å²) < 4.78 is 56.4. The first-order valence-corrected chi connectivity index (χ1v) is 14.5. The molecule has 1 aliphatic rings. The number of hydrogen-bond acceptors (Lipinski definition) is 4. The fourth-order valence-electron chi connectivity index (χ4n) is 5.96. The maximum Gasteiger partial charge on any atom is 0.352 e. The van der Waals surface area contributed by atoms with Crippen molar-refractivity contribution in [3.8, 4) is 16.9 Å². The van der Waals surface area contributed by atoms with Gasteiger partial charge in [0.2, 0.25) is 0 Å². The molecule has 0 saturated heterocycles. The van der Waals surface area contributed by atoms with Crippen molar-refractivity contribution in [3.63, 3.8) is 0 Å². The molecule has 0 bridgehead atoms. The minimum absolute atomic E-state index is 0.0572. The van der Waals surface area contributed by atoms with Gasteiger partial charge in [-0.15, -0.1) is 0 Å². The molecule has 1 aliphatic heterocycles. The van der Waals surface area contributed by atoms with Crippen LogP contribution in [-0.2, 0) is 30.7 Å². The molecule has 0 amide bonds.